The molecule has 0 aliphatic heterocycles. The molecule has 1 aromatic heterocycles. The molecule has 2 rings (SSSR count). The van der Waals surface area contributed by atoms with E-state index in [1.165, 1.54) is 0 Å². The normalized spacial score (nSPS) is 10.7. The monoisotopic (exact) mass is 271 g/mol. The first-order valence-electron chi connectivity index (χ1n) is 4.61. The van der Waals surface area contributed by atoms with Crippen LogP contribution in [0.2, 0.25) is 5.02 Å². The van der Waals surface area contributed by atoms with Crippen molar-refractivity contribution in [2.75, 3.05) is 0 Å². The first-order chi connectivity index (χ1) is 7.66. The van der Waals surface area contributed by atoms with Gasteiger partial charge in [-0.25, -0.2) is 0 Å². The van der Waals surface area contributed by atoms with E-state index in [1.807, 2.05) is 30.7 Å². The van der Waals surface area contributed by atoms with Gasteiger partial charge in [-0.1, -0.05) is 17.7 Å². The summed E-state index contributed by atoms with van der Waals surface area (Å²) < 4.78 is 1.88. The molecule has 0 aliphatic rings. The molecule has 3 nitrogen and oxygen atoms in total. The lowest BCUT2D eigenvalue weighted by molar-refractivity contribution is 0.792. The van der Waals surface area contributed by atoms with Gasteiger partial charge in [0.2, 0.25) is 5.16 Å². The maximum absolute atomic E-state index is 6.05. The molecule has 0 spiro atoms. The van der Waals surface area contributed by atoms with Crippen molar-refractivity contribution in [3.05, 3.63) is 35.1 Å². The third kappa shape index (κ3) is 2.72. The Morgan fingerprint density at radius 3 is 2.75 bits per heavy atom. The van der Waals surface area contributed by atoms with Crippen LogP contribution in [0.5, 0.6) is 0 Å². The van der Waals surface area contributed by atoms with Crippen molar-refractivity contribution in [3.63, 3.8) is 0 Å². The van der Waals surface area contributed by atoms with Gasteiger partial charge in [0, 0.05) is 17.0 Å². The van der Waals surface area contributed by atoms with Crippen LogP contribution in [0, 0.1) is 6.92 Å². The molecule has 6 heteroatoms. The summed E-state index contributed by atoms with van der Waals surface area (Å²) in [6.45, 7) is 1.99. The number of aromatic nitrogens is 3. The summed E-state index contributed by atoms with van der Waals surface area (Å²) >= 11 is 6.05. The predicted octanol–water partition coefficient (Wildman–Crippen LogP) is 3.58. The van der Waals surface area contributed by atoms with Crippen LogP contribution in [0.25, 0.3) is 0 Å². The molecular weight excluding hydrogens is 262 g/mol. The number of benzene rings is 1. The van der Waals surface area contributed by atoms with Gasteiger partial charge in [-0.15, -0.1) is 10.2 Å². The second kappa shape index (κ2) is 5.12. The summed E-state index contributed by atoms with van der Waals surface area (Å²) in [6.07, 6.45) is 1.69. The smallest absolute Gasteiger partial charge is 0.201 e. The summed E-state index contributed by atoms with van der Waals surface area (Å²) in [5, 5.41) is 9.48. The summed E-state index contributed by atoms with van der Waals surface area (Å²) in [7, 11) is 5.11. The highest BCUT2D eigenvalue weighted by Crippen LogP contribution is 2.37. The minimum atomic E-state index is 0.795. The van der Waals surface area contributed by atoms with Crippen LogP contribution in [-0.2, 0) is 7.05 Å². The molecule has 0 saturated carbocycles. The highest BCUT2D eigenvalue weighted by atomic mass is 35.5. The zero-order valence-electron chi connectivity index (χ0n) is 8.85. The second-order valence-electron chi connectivity index (χ2n) is 3.30. The lowest BCUT2D eigenvalue weighted by Gasteiger charge is -2.02. The third-order valence-electron chi connectivity index (χ3n) is 2.03. The van der Waals surface area contributed by atoms with Gasteiger partial charge in [0.25, 0.3) is 0 Å². The van der Waals surface area contributed by atoms with E-state index in [4.69, 9.17) is 11.6 Å². The minimum absolute atomic E-state index is 0.795. The quantitative estimate of drug-likeness (QED) is 0.799. The van der Waals surface area contributed by atoms with Gasteiger partial charge in [-0.2, -0.15) is 0 Å². The lowest BCUT2D eigenvalue weighted by atomic mass is 10.2. The van der Waals surface area contributed by atoms with Crippen LogP contribution < -0.4 is 0 Å². The lowest BCUT2D eigenvalue weighted by Crippen LogP contribution is -1.86. The average Bonchev–Trinajstić information content (AvgIpc) is 2.66. The molecule has 16 heavy (non-hydrogen) atoms. The summed E-state index contributed by atoms with van der Waals surface area (Å²) in [5.74, 6) is 0. The van der Waals surface area contributed by atoms with E-state index in [-0.39, 0.29) is 0 Å². The molecule has 0 atom stereocenters. The fraction of sp³-hybridized carbons (Fsp3) is 0.200. The van der Waals surface area contributed by atoms with E-state index in [1.54, 1.807) is 27.9 Å². The molecule has 0 aliphatic carbocycles. The zero-order valence-corrected chi connectivity index (χ0v) is 11.2. The van der Waals surface area contributed by atoms with E-state index < -0.39 is 0 Å². The molecular formula is C10H10ClN3S2. The van der Waals surface area contributed by atoms with Crippen molar-refractivity contribution in [2.45, 2.75) is 17.0 Å². The van der Waals surface area contributed by atoms with Gasteiger partial charge < -0.3 is 4.57 Å². The molecule has 0 saturated heterocycles. The summed E-state index contributed by atoms with van der Waals surface area (Å²) in [5.41, 5.74) is 1.09. The van der Waals surface area contributed by atoms with Crippen molar-refractivity contribution < 1.29 is 0 Å². The van der Waals surface area contributed by atoms with Gasteiger partial charge in [0.05, 0.1) is 0 Å². The van der Waals surface area contributed by atoms with E-state index in [2.05, 4.69) is 16.3 Å². The van der Waals surface area contributed by atoms with Gasteiger partial charge in [-0.05, 0) is 46.2 Å². The molecule has 0 N–H and O–H groups in total. The predicted molar refractivity (Wildman–Crippen MR) is 68.9 cm³/mol. The zero-order chi connectivity index (χ0) is 11.5. The number of halogens is 1. The molecule has 1 aromatic carbocycles. The van der Waals surface area contributed by atoms with Gasteiger partial charge in [-0.3, -0.25) is 0 Å². The molecule has 1 heterocycles. The highest BCUT2D eigenvalue weighted by molar-refractivity contribution is 8.76. The fourth-order valence-electron chi connectivity index (χ4n) is 1.06. The van der Waals surface area contributed by atoms with E-state index in [9.17, 15) is 0 Å². The van der Waals surface area contributed by atoms with Crippen molar-refractivity contribution in [1.29, 1.82) is 0 Å². The highest BCUT2D eigenvalue weighted by Gasteiger charge is 2.04. The molecule has 0 fully saturated rings. The van der Waals surface area contributed by atoms with E-state index >= 15 is 0 Å². The molecule has 0 unspecified atom stereocenters. The number of aryl methyl sites for hydroxylation is 2. The van der Waals surface area contributed by atoms with Gasteiger partial charge in [0.1, 0.15) is 6.33 Å². The molecule has 0 radical (unpaired) electrons. The summed E-state index contributed by atoms with van der Waals surface area (Å²) in [4.78, 5) is 1.11. The van der Waals surface area contributed by atoms with Crippen LogP contribution in [0.15, 0.2) is 34.6 Å². The Kier molecular flexibility index (Phi) is 3.78. The number of hydrogen-bond donors (Lipinski definition) is 0. The minimum Gasteiger partial charge on any atom is -0.311 e. The number of nitrogens with zero attached hydrogens (tertiary/aromatic N) is 3. The third-order valence-corrected chi connectivity index (χ3v) is 4.76. The average molecular weight is 272 g/mol. The van der Waals surface area contributed by atoms with Crippen molar-refractivity contribution in [3.8, 4) is 0 Å². The Morgan fingerprint density at radius 1 is 1.31 bits per heavy atom. The first kappa shape index (κ1) is 11.8. The van der Waals surface area contributed by atoms with Crippen LogP contribution in [0.4, 0.5) is 0 Å². The standard InChI is InChI=1S/C10H10ClN3S2/c1-7-3-4-8(5-9(7)11)15-16-10-13-12-6-14(10)2/h3-6H,1-2H3. The Hall–Kier alpha value is -0.650. The van der Waals surface area contributed by atoms with Crippen LogP contribution in [0.1, 0.15) is 5.56 Å². The Labute approximate surface area is 107 Å². The van der Waals surface area contributed by atoms with E-state index in [0.29, 0.717) is 0 Å². The summed E-state index contributed by atoms with van der Waals surface area (Å²) in [6, 6.07) is 6.03. The fourth-order valence-corrected chi connectivity index (χ4v) is 3.29. The maximum Gasteiger partial charge on any atom is 0.201 e. The van der Waals surface area contributed by atoms with Crippen LogP contribution >= 0.6 is 33.2 Å². The van der Waals surface area contributed by atoms with Crippen molar-refractivity contribution >= 4 is 33.2 Å². The van der Waals surface area contributed by atoms with Crippen molar-refractivity contribution in [2.24, 2.45) is 7.05 Å². The SMILES string of the molecule is Cc1ccc(SSc2nncn2C)cc1Cl. The van der Waals surface area contributed by atoms with Gasteiger partial charge >= 0.3 is 0 Å². The molecule has 2 aromatic rings. The molecule has 0 amide bonds. The molecule has 84 valence electrons. The number of hydrogen-bond acceptors (Lipinski definition) is 4. The number of rotatable bonds is 3. The van der Waals surface area contributed by atoms with Crippen molar-refractivity contribution in [1.82, 2.24) is 14.8 Å². The Balaban J connectivity index is 2.05. The topological polar surface area (TPSA) is 30.7 Å². The largest absolute Gasteiger partial charge is 0.311 e. The van der Waals surface area contributed by atoms with Crippen LogP contribution in [-0.4, -0.2) is 14.8 Å². The van der Waals surface area contributed by atoms with Gasteiger partial charge in [0.15, 0.2) is 0 Å². The first-order valence-corrected chi connectivity index (χ1v) is 7.14. The van der Waals surface area contributed by atoms with Crippen LogP contribution in [0.3, 0.4) is 0 Å². The maximum atomic E-state index is 6.05. The van der Waals surface area contributed by atoms with E-state index in [0.717, 1.165) is 20.6 Å². The second-order valence-corrected chi connectivity index (χ2v) is 5.88. The Bertz CT molecular complexity index is 499. The molecule has 0 bridgehead atoms. The Morgan fingerprint density at radius 2 is 2.12 bits per heavy atom.